The molecule has 0 unspecified atom stereocenters. The van der Waals surface area contributed by atoms with Gasteiger partial charge in [-0.15, -0.1) is 0 Å². The van der Waals surface area contributed by atoms with Crippen LogP contribution in [0.1, 0.15) is 0 Å². The predicted molar refractivity (Wildman–Crippen MR) is 69.5 cm³/mol. The van der Waals surface area contributed by atoms with Gasteiger partial charge < -0.3 is 9.47 Å². The molecule has 2 aromatic rings. The van der Waals surface area contributed by atoms with Crippen LogP contribution in [0.25, 0.3) is 0 Å². The van der Waals surface area contributed by atoms with Gasteiger partial charge in [-0.05, 0) is 34.1 Å². The van der Waals surface area contributed by atoms with Crippen molar-refractivity contribution in [2.75, 3.05) is 7.11 Å². The van der Waals surface area contributed by atoms with E-state index in [1.54, 1.807) is 25.3 Å². The average molecular weight is 326 g/mol. The van der Waals surface area contributed by atoms with Crippen LogP contribution in [-0.4, -0.2) is 22.0 Å². The molecule has 0 spiro atoms. The van der Waals surface area contributed by atoms with Crippen molar-refractivity contribution in [1.29, 1.82) is 0 Å². The summed E-state index contributed by atoms with van der Waals surface area (Å²) >= 11 is 3.31. The lowest BCUT2D eigenvalue weighted by Gasteiger charge is -2.07. The number of nitro groups is 1. The zero-order chi connectivity index (χ0) is 13.8. The Morgan fingerprint density at radius 1 is 1.32 bits per heavy atom. The topological polar surface area (TPSA) is 87.4 Å². The van der Waals surface area contributed by atoms with E-state index in [1.165, 1.54) is 0 Å². The lowest BCUT2D eigenvalue weighted by Crippen LogP contribution is -1.95. The molecule has 0 fully saturated rings. The molecular formula is C11H8BrN3O4. The molecule has 0 saturated heterocycles. The lowest BCUT2D eigenvalue weighted by molar-refractivity contribution is -0.385. The second-order valence-corrected chi connectivity index (χ2v) is 4.23. The zero-order valence-corrected chi connectivity index (χ0v) is 11.3. The van der Waals surface area contributed by atoms with Crippen molar-refractivity contribution < 1.29 is 14.4 Å². The first kappa shape index (κ1) is 13.2. The first-order chi connectivity index (χ1) is 9.10. The highest BCUT2D eigenvalue weighted by Crippen LogP contribution is 2.31. The number of benzene rings is 1. The average Bonchev–Trinajstić information content (AvgIpc) is 2.41. The molecule has 0 aliphatic carbocycles. The maximum absolute atomic E-state index is 10.5. The monoisotopic (exact) mass is 325 g/mol. The van der Waals surface area contributed by atoms with Gasteiger partial charge in [0.15, 0.2) is 0 Å². The van der Waals surface area contributed by atoms with Crippen molar-refractivity contribution in [2.45, 2.75) is 0 Å². The van der Waals surface area contributed by atoms with Crippen molar-refractivity contribution >= 4 is 21.6 Å². The van der Waals surface area contributed by atoms with Crippen LogP contribution < -0.4 is 9.47 Å². The number of ether oxygens (including phenoxy) is 2. The minimum Gasteiger partial charge on any atom is -0.497 e. The fourth-order valence-corrected chi connectivity index (χ4v) is 1.68. The summed E-state index contributed by atoms with van der Waals surface area (Å²) in [6.45, 7) is 0. The van der Waals surface area contributed by atoms with Crippen LogP contribution in [-0.2, 0) is 0 Å². The maximum Gasteiger partial charge on any atom is 0.322 e. The molecule has 1 heterocycles. The maximum atomic E-state index is 10.5. The van der Waals surface area contributed by atoms with E-state index in [0.717, 1.165) is 12.4 Å². The van der Waals surface area contributed by atoms with E-state index in [1.807, 2.05) is 0 Å². The van der Waals surface area contributed by atoms with E-state index in [4.69, 9.17) is 9.47 Å². The van der Waals surface area contributed by atoms with E-state index in [2.05, 4.69) is 25.9 Å². The zero-order valence-electron chi connectivity index (χ0n) is 9.74. The lowest BCUT2D eigenvalue weighted by atomic mass is 10.3. The second-order valence-electron chi connectivity index (χ2n) is 3.38. The molecule has 0 atom stereocenters. The van der Waals surface area contributed by atoms with E-state index in [0.29, 0.717) is 16.0 Å². The van der Waals surface area contributed by atoms with E-state index >= 15 is 0 Å². The van der Waals surface area contributed by atoms with Gasteiger partial charge in [-0.2, -0.15) is 9.97 Å². The third-order valence-corrected chi connectivity index (χ3v) is 2.79. The Kier molecular flexibility index (Phi) is 3.91. The molecule has 0 aliphatic rings. The van der Waals surface area contributed by atoms with Crippen molar-refractivity contribution in [1.82, 2.24) is 9.97 Å². The molecule has 0 radical (unpaired) electrons. The second kappa shape index (κ2) is 5.61. The molecule has 0 amide bonds. The minimum absolute atomic E-state index is 0.0245. The van der Waals surface area contributed by atoms with Crippen LogP contribution in [0.15, 0.2) is 35.1 Å². The van der Waals surface area contributed by atoms with Gasteiger partial charge >= 0.3 is 11.7 Å². The van der Waals surface area contributed by atoms with E-state index in [9.17, 15) is 10.1 Å². The molecule has 7 nitrogen and oxygen atoms in total. The smallest absolute Gasteiger partial charge is 0.322 e. The van der Waals surface area contributed by atoms with Crippen LogP contribution in [0.5, 0.6) is 17.5 Å². The molecule has 0 saturated carbocycles. The largest absolute Gasteiger partial charge is 0.497 e. The summed E-state index contributed by atoms with van der Waals surface area (Å²) in [5.74, 6) is 1.15. The molecule has 1 aromatic heterocycles. The Hall–Kier alpha value is -2.22. The summed E-state index contributed by atoms with van der Waals surface area (Å²) in [5, 5.41) is 10.5. The Morgan fingerprint density at radius 3 is 2.53 bits per heavy atom. The van der Waals surface area contributed by atoms with Gasteiger partial charge in [-0.3, -0.25) is 10.1 Å². The summed E-state index contributed by atoms with van der Waals surface area (Å²) in [6.07, 6.45) is 2.17. The molecule has 1 aromatic carbocycles. The Morgan fingerprint density at radius 2 is 2.00 bits per heavy atom. The molecule has 98 valence electrons. The predicted octanol–water partition coefficient (Wildman–Crippen LogP) is 2.95. The number of rotatable bonds is 4. The SMILES string of the molecule is COc1ccc(Oc2ncc([N+](=O)[O-])cn2)c(Br)c1. The molecule has 0 bridgehead atoms. The van der Waals surface area contributed by atoms with Gasteiger partial charge in [-0.1, -0.05) is 0 Å². The third-order valence-electron chi connectivity index (χ3n) is 2.17. The first-order valence-electron chi connectivity index (χ1n) is 5.08. The normalized spacial score (nSPS) is 10.0. The number of methoxy groups -OCH3 is 1. The van der Waals surface area contributed by atoms with Gasteiger partial charge in [0.2, 0.25) is 0 Å². The van der Waals surface area contributed by atoms with E-state index < -0.39 is 4.92 Å². The summed E-state index contributed by atoms with van der Waals surface area (Å²) in [5.41, 5.74) is -0.193. The number of aromatic nitrogens is 2. The van der Waals surface area contributed by atoms with Crippen molar-refractivity contribution in [3.05, 3.63) is 45.2 Å². The molecule has 8 heteroatoms. The highest BCUT2D eigenvalue weighted by Gasteiger charge is 2.10. The highest BCUT2D eigenvalue weighted by molar-refractivity contribution is 9.10. The van der Waals surface area contributed by atoms with Crippen molar-refractivity contribution in [3.63, 3.8) is 0 Å². The quantitative estimate of drug-likeness (QED) is 0.634. The standard InChI is InChI=1S/C11H8BrN3O4/c1-18-8-2-3-10(9(12)4-8)19-11-13-5-7(6-14-11)15(16)17/h2-6H,1H3. The number of hydrogen-bond acceptors (Lipinski definition) is 6. The van der Waals surface area contributed by atoms with Crippen LogP contribution >= 0.6 is 15.9 Å². The summed E-state index contributed by atoms with van der Waals surface area (Å²) in [7, 11) is 1.56. The number of hydrogen-bond donors (Lipinski definition) is 0. The fourth-order valence-electron chi connectivity index (χ4n) is 1.25. The first-order valence-corrected chi connectivity index (χ1v) is 5.87. The van der Waals surface area contributed by atoms with Gasteiger partial charge in [0, 0.05) is 0 Å². The summed E-state index contributed by atoms with van der Waals surface area (Å²) < 4.78 is 11.1. The van der Waals surface area contributed by atoms with Crippen LogP contribution in [0.4, 0.5) is 5.69 Å². The number of nitrogens with zero attached hydrogens (tertiary/aromatic N) is 3. The molecule has 2 rings (SSSR count). The summed E-state index contributed by atoms with van der Waals surface area (Å²) in [4.78, 5) is 17.4. The minimum atomic E-state index is -0.576. The molecule has 0 aliphatic heterocycles. The van der Waals surface area contributed by atoms with Crippen LogP contribution in [0.3, 0.4) is 0 Å². The highest BCUT2D eigenvalue weighted by atomic mass is 79.9. The van der Waals surface area contributed by atoms with Gasteiger partial charge in [0.1, 0.15) is 23.9 Å². The van der Waals surface area contributed by atoms with Crippen LogP contribution in [0, 0.1) is 10.1 Å². The molecule has 0 N–H and O–H groups in total. The summed E-state index contributed by atoms with van der Waals surface area (Å²) in [6, 6.07) is 5.14. The Balaban J connectivity index is 2.19. The molecule has 19 heavy (non-hydrogen) atoms. The van der Waals surface area contributed by atoms with Crippen LogP contribution in [0.2, 0.25) is 0 Å². The van der Waals surface area contributed by atoms with Gasteiger partial charge in [-0.25, -0.2) is 0 Å². The van der Waals surface area contributed by atoms with E-state index in [-0.39, 0.29) is 11.7 Å². The Labute approximate surface area is 116 Å². The fraction of sp³-hybridized carbons (Fsp3) is 0.0909. The van der Waals surface area contributed by atoms with Crippen molar-refractivity contribution in [2.24, 2.45) is 0 Å². The van der Waals surface area contributed by atoms with Crippen molar-refractivity contribution in [3.8, 4) is 17.5 Å². The third kappa shape index (κ3) is 3.16. The Bertz CT molecular complexity index is 603. The van der Waals surface area contributed by atoms with Gasteiger partial charge in [0.05, 0.1) is 16.5 Å². The van der Waals surface area contributed by atoms with Gasteiger partial charge in [0.25, 0.3) is 0 Å². The number of halogens is 1. The molecular weight excluding hydrogens is 318 g/mol.